The molecule has 0 spiro atoms. The maximum Gasteiger partial charge on any atom is 0.0693 e. The number of nitrogens with zero attached hydrogens (tertiary/aromatic N) is 1. The second kappa shape index (κ2) is 4.63. The summed E-state index contributed by atoms with van der Waals surface area (Å²) in [6, 6.07) is 1.32. The fourth-order valence-electron chi connectivity index (χ4n) is 3.30. The molecule has 1 saturated heterocycles. The van der Waals surface area contributed by atoms with E-state index < -0.39 is 0 Å². The van der Waals surface area contributed by atoms with Gasteiger partial charge >= 0.3 is 0 Å². The fraction of sp³-hybridized carbons (Fsp3) is 1.00. The number of likely N-dealkylation sites (tertiary alicyclic amines) is 1. The van der Waals surface area contributed by atoms with Crippen molar-refractivity contribution >= 4 is 0 Å². The van der Waals surface area contributed by atoms with Crippen LogP contribution in [-0.2, 0) is 0 Å². The van der Waals surface area contributed by atoms with E-state index in [2.05, 4.69) is 10.2 Å². The van der Waals surface area contributed by atoms with Gasteiger partial charge in [0.25, 0.3) is 0 Å². The molecule has 16 heavy (non-hydrogen) atoms. The normalized spacial score (nSPS) is 40.7. The smallest absolute Gasteiger partial charge is 0.0693 e. The monoisotopic (exact) mass is 224 g/mol. The van der Waals surface area contributed by atoms with Crippen molar-refractivity contribution in [3.8, 4) is 0 Å². The molecule has 92 valence electrons. The van der Waals surface area contributed by atoms with Crippen LogP contribution in [0.15, 0.2) is 0 Å². The van der Waals surface area contributed by atoms with Crippen molar-refractivity contribution in [3.63, 3.8) is 0 Å². The molecule has 0 bridgehead atoms. The maximum absolute atomic E-state index is 9.74. The molecule has 2 N–H and O–H groups in total. The third kappa shape index (κ3) is 2.41. The molecule has 0 radical (unpaired) electrons. The Morgan fingerprint density at radius 3 is 2.69 bits per heavy atom. The van der Waals surface area contributed by atoms with Gasteiger partial charge in [-0.1, -0.05) is 0 Å². The van der Waals surface area contributed by atoms with Gasteiger partial charge in [0.15, 0.2) is 0 Å². The van der Waals surface area contributed by atoms with E-state index >= 15 is 0 Å². The predicted molar refractivity (Wildman–Crippen MR) is 64.4 cm³/mol. The number of nitrogens with one attached hydrogen (secondary N) is 1. The second-order valence-electron chi connectivity index (χ2n) is 5.89. The highest BCUT2D eigenvalue weighted by Crippen LogP contribution is 2.31. The molecule has 3 heteroatoms. The van der Waals surface area contributed by atoms with Crippen LogP contribution in [0.2, 0.25) is 0 Å². The molecule has 2 saturated carbocycles. The minimum atomic E-state index is -0.0825. The summed E-state index contributed by atoms with van der Waals surface area (Å²) in [5.41, 5.74) is 0. The van der Waals surface area contributed by atoms with Gasteiger partial charge in [-0.2, -0.15) is 0 Å². The molecular formula is C13H24N2O. The minimum Gasteiger partial charge on any atom is -0.392 e. The first-order chi connectivity index (χ1) is 7.83. The van der Waals surface area contributed by atoms with Crippen LogP contribution in [-0.4, -0.2) is 47.8 Å². The molecule has 3 aliphatic rings. The summed E-state index contributed by atoms with van der Waals surface area (Å²) in [6.45, 7) is 3.72. The maximum atomic E-state index is 9.74. The van der Waals surface area contributed by atoms with Crippen molar-refractivity contribution in [1.29, 1.82) is 0 Å². The Balaban J connectivity index is 1.39. The summed E-state index contributed by atoms with van der Waals surface area (Å²) in [5, 5.41) is 13.3. The Bertz CT molecular complexity index is 242. The van der Waals surface area contributed by atoms with Gasteiger partial charge in [0, 0.05) is 18.6 Å². The van der Waals surface area contributed by atoms with Crippen LogP contribution in [0.25, 0.3) is 0 Å². The third-order valence-electron chi connectivity index (χ3n) is 4.53. The molecule has 3 fully saturated rings. The van der Waals surface area contributed by atoms with E-state index in [9.17, 15) is 5.11 Å². The van der Waals surface area contributed by atoms with Crippen LogP contribution in [0, 0.1) is 5.92 Å². The van der Waals surface area contributed by atoms with E-state index in [1.165, 1.54) is 45.2 Å². The quantitative estimate of drug-likeness (QED) is 0.747. The molecule has 3 rings (SSSR count). The van der Waals surface area contributed by atoms with Gasteiger partial charge in [0.1, 0.15) is 0 Å². The van der Waals surface area contributed by atoms with Gasteiger partial charge in [0.05, 0.1) is 6.10 Å². The number of hydrogen-bond acceptors (Lipinski definition) is 3. The Morgan fingerprint density at radius 2 is 2.00 bits per heavy atom. The first-order valence-electron chi connectivity index (χ1n) is 6.98. The van der Waals surface area contributed by atoms with Crippen molar-refractivity contribution in [2.75, 3.05) is 19.6 Å². The zero-order valence-corrected chi connectivity index (χ0v) is 10.1. The molecule has 3 nitrogen and oxygen atoms in total. The average molecular weight is 224 g/mol. The molecule has 0 aromatic rings. The lowest BCUT2D eigenvalue weighted by atomic mass is 10.1. The lowest BCUT2D eigenvalue weighted by Gasteiger charge is -2.20. The van der Waals surface area contributed by atoms with Crippen LogP contribution in [0.4, 0.5) is 0 Å². The Labute approximate surface area is 98.2 Å². The average Bonchev–Trinajstić information content (AvgIpc) is 2.89. The highest BCUT2D eigenvalue weighted by Gasteiger charge is 2.34. The zero-order chi connectivity index (χ0) is 11.0. The van der Waals surface area contributed by atoms with Gasteiger partial charge in [-0.15, -0.1) is 0 Å². The Morgan fingerprint density at radius 1 is 1.12 bits per heavy atom. The first-order valence-corrected chi connectivity index (χ1v) is 6.98. The summed E-state index contributed by atoms with van der Waals surface area (Å²) >= 11 is 0. The van der Waals surface area contributed by atoms with Crippen LogP contribution >= 0.6 is 0 Å². The minimum absolute atomic E-state index is 0.0825. The molecule has 3 atom stereocenters. The summed E-state index contributed by atoms with van der Waals surface area (Å²) in [6.07, 6.45) is 7.49. The van der Waals surface area contributed by atoms with E-state index in [-0.39, 0.29) is 6.10 Å². The lowest BCUT2D eigenvalue weighted by molar-refractivity contribution is 0.146. The molecular weight excluding hydrogens is 200 g/mol. The third-order valence-corrected chi connectivity index (χ3v) is 4.53. The molecule has 0 aromatic carbocycles. The topological polar surface area (TPSA) is 35.5 Å². The van der Waals surface area contributed by atoms with E-state index in [0.29, 0.717) is 6.04 Å². The Hall–Kier alpha value is -0.120. The molecule has 1 heterocycles. The SMILES string of the molecule is O[C@@H]1CCC[C@H]1NCC1CCN(C2CC2)C1. The van der Waals surface area contributed by atoms with Crippen molar-refractivity contribution in [2.24, 2.45) is 5.92 Å². The number of hydrogen-bond donors (Lipinski definition) is 2. The summed E-state index contributed by atoms with van der Waals surface area (Å²) in [7, 11) is 0. The second-order valence-corrected chi connectivity index (χ2v) is 5.89. The van der Waals surface area contributed by atoms with Crippen molar-refractivity contribution < 1.29 is 5.11 Å². The van der Waals surface area contributed by atoms with Gasteiger partial charge < -0.3 is 15.3 Å². The Kier molecular flexibility index (Phi) is 3.18. The summed E-state index contributed by atoms with van der Waals surface area (Å²) in [5.74, 6) is 0.827. The summed E-state index contributed by atoms with van der Waals surface area (Å²) in [4.78, 5) is 2.66. The first kappa shape index (κ1) is 11.0. The molecule has 1 unspecified atom stereocenters. The highest BCUT2D eigenvalue weighted by atomic mass is 16.3. The fourth-order valence-corrected chi connectivity index (χ4v) is 3.30. The largest absolute Gasteiger partial charge is 0.392 e. The lowest BCUT2D eigenvalue weighted by Crippen LogP contribution is -2.39. The van der Waals surface area contributed by atoms with Gasteiger partial charge in [-0.3, -0.25) is 0 Å². The van der Waals surface area contributed by atoms with Crippen molar-refractivity contribution in [2.45, 2.75) is 56.7 Å². The van der Waals surface area contributed by atoms with Gasteiger partial charge in [0.2, 0.25) is 0 Å². The molecule has 0 amide bonds. The van der Waals surface area contributed by atoms with Crippen LogP contribution in [0.5, 0.6) is 0 Å². The standard InChI is InChI=1S/C13H24N2O/c16-13-3-1-2-12(13)14-8-10-6-7-15(9-10)11-4-5-11/h10-14,16H,1-9H2/t10?,12-,13-/m1/s1. The summed E-state index contributed by atoms with van der Waals surface area (Å²) < 4.78 is 0. The van der Waals surface area contributed by atoms with Gasteiger partial charge in [-0.25, -0.2) is 0 Å². The van der Waals surface area contributed by atoms with E-state index in [4.69, 9.17) is 0 Å². The van der Waals surface area contributed by atoms with Crippen molar-refractivity contribution in [3.05, 3.63) is 0 Å². The molecule has 0 aromatic heterocycles. The predicted octanol–water partition coefficient (Wildman–Crippen LogP) is 0.974. The molecule has 2 aliphatic carbocycles. The number of rotatable bonds is 4. The molecule has 1 aliphatic heterocycles. The van der Waals surface area contributed by atoms with E-state index in [0.717, 1.165) is 24.9 Å². The zero-order valence-electron chi connectivity index (χ0n) is 10.1. The highest BCUT2D eigenvalue weighted by molar-refractivity contribution is 4.91. The van der Waals surface area contributed by atoms with E-state index in [1.807, 2.05) is 0 Å². The van der Waals surface area contributed by atoms with Crippen LogP contribution < -0.4 is 5.32 Å². The number of aliphatic hydroxyl groups excluding tert-OH is 1. The van der Waals surface area contributed by atoms with Crippen LogP contribution in [0.1, 0.15) is 38.5 Å². The van der Waals surface area contributed by atoms with Crippen molar-refractivity contribution in [1.82, 2.24) is 10.2 Å². The number of aliphatic hydroxyl groups is 1. The van der Waals surface area contributed by atoms with Crippen LogP contribution in [0.3, 0.4) is 0 Å². The van der Waals surface area contributed by atoms with Gasteiger partial charge in [-0.05, 0) is 57.5 Å². The van der Waals surface area contributed by atoms with E-state index in [1.54, 1.807) is 0 Å².